The molecule has 1 aromatic carbocycles. The van der Waals surface area contributed by atoms with Crippen molar-refractivity contribution in [1.29, 1.82) is 5.26 Å². The van der Waals surface area contributed by atoms with Gasteiger partial charge in [0.15, 0.2) is 0 Å². The van der Waals surface area contributed by atoms with E-state index in [2.05, 4.69) is 6.07 Å². The van der Waals surface area contributed by atoms with Gasteiger partial charge in [-0.15, -0.1) is 0 Å². The van der Waals surface area contributed by atoms with Gasteiger partial charge in [-0.1, -0.05) is 6.92 Å². The minimum atomic E-state index is -0.446. The van der Waals surface area contributed by atoms with Gasteiger partial charge in [-0.3, -0.25) is 10.1 Å². The van der Waals surface area contributed by atoms with E-state index >= 15 is 0 Å². The molecule has 0 aliphatic heterocycles. The van der Waals surface area contributed by atoms with Crippen molar-refractivity contribution in [3.8, 4) is 6.07 Å². The number of nitro benzene ring substituents is 1. The van der Waals surface area contributed by atoms with Crippen molar-refractivity contribution in [2.45, 2.75) is 13.3 Å². The SMILES string of the molecule is CC/C(C#N)=C/c1ccc([N+](=O)[O-])cc1. The number of hydrogen-bond donors (Lipinski definition) is 0. The summed E-state index contributed by atoms with van der Waals surface area (Å²) < 4.78 is 0. The molecule has 0 amide bonds. The van der Waals surface area contributed by atoms with Gasteiger partial charge in [0.25, 0.3) is 5.69 Å². The molecule has 0 fully saturated rings. The van der Waals surface area contributed by atoms with Crippen molar-refractivity contribution in [2.75, 3.05) is 0 Å². The second kappa shape index (κ2) is 4.91. The maximum atomic E-state index is 10.4. The standard InChI is InChI=1S/C11H10N2O2/c1-2-9(8-12)7-10-3-5-11(6-4-10)13(14)15/h3-7H,2H2,1H3/b9-7-. The van der Waals surface area contributed by atoms with E-state index in [4.69, 9.17) is 5.26 Å². The molecule has 4 nitrogen and oxygen atoms in total. The summed E-state index contributed by atoms with van der Waals surface area (Å²) in [5.41, 5.74) is 1.52. The molecule has 76 valence electrons. The average molecular weight is 202 g/mol. The van der Waals surface area contributed by atoms with Crippen LogP contribution in [0.5, 0.6) is 0 Å². The first kappa shape index (κ1) is 10.9. The molecule has 0 saturated heterocycles. The second-order valence-corrected chi connectivity index (χ2v) is 2.98. The first-order valence-corrected chi connectivity index (χ1v) is 4.52. The van der Waals surface area contributed by atoms with Crippen LogP contribution in [0.3, 0.4) is 0 Å². The van der Waals surface area contributed by atoms with Gasteiger partial charge in [0.05, 0.1) is 11.0 Å². The first-order chi connectivity index (χ1) is 7.17. The Kier molecular flexibility index (Phi) is 3.58. The van der Waals surface area contributed by atoms with Crippen LogP contribution in [0.1, 0.15) is 18.9 Å². The lowest BCUT2D eigenvalue weighted by molar-refractivity contribution is -0.384. The van der Waals surface area contributed by atoms with Gasteiger partial charge < -0.3 is 0 Å². The largest absolute Gasteiger partial charge is 0.269 e. The summed E-state index contributed by atoms with van der Waals surface area (Å²) in [5, 5.41) is 19.1. The molecule has 0 radical (unpaired) electrons. The van der Waals surface area contributed by atoms with E-state index in [0.29, 0.717) is 12.0 Å². The molecule has 0 aromatic heterocycles. The van der Waals surface area contributed by atoms with Crippen LogP contribution in [0.4, 0.5) is 5.69 Å². The molecule has 0 heterocycles. The molecule has 0 aliphatic rings. The van der Waals surface area contributed by atoms with Crippen LogP contribution < -0.4 is 0 Å². The Morgan fingerprint density at radius 1 is 1.53 bits per heavy atom. The Balaban J connectivity index is 2.95. The highest BCUT2D eigenvalue weighted by Gasteiger charge is 2.02. The molecule has 0 saturated carbocycles. The van der Waals surface area contributed by atoms with Gasteiger partial charge in [-0.25, -0.2) is 0 Å². The van der Waals surface area contributed by atoms with Crippen molar-refractivity contribution in [2.24, 2.45) is 0 Å². The fourth-order valence-electron chi connectivity index (χ4n) is 1.11. The maximum absolute atomic E-state index is 10.4. The van der Waals surface area contributed by atoms with Crippen LogP contribution in [-0.2, 0) is 0 Å². The monoisotopic (exact) mass is 202 g/mol. The number of non-ortho nitro benzene ring substituents is 1. The Labute approximate surface area is 87.6 Å². The number of nitro groups is 1. The van der Waals surface area contributed by atoms with E-state index in [1.165, 1.54) is 12.1 Å². The van der Waals surface area contributed by atoms with Crippen LogP contribution in [0.2, 0.25) is 0 Å². The molecule has 4 heteroatoms. The predicted octanol–water partition coefficient (Wildman–Crippen LogP) is 2.91. The fraction of sp³-hybridized carbons (Fsp3) is 0.182. The molecule has 0 N–H and O–H groups in total. The number of benzene rings is 1. The molecule has 0 bridgehead atoms. The highest BCUT2D eigenvalue weighted by atomic mass is 16.6. The first-order valence-electron chi connectivity index (χ1n) is 4.52. The van der Waals surface area contributed by atoms with E-state index in [1.54, 1.807) is 18.2 Å². The molecule has 0 aliphatic carbocycles. The lowest BCUT2D eigenvalue weighted by Crippen LogP contribution is -1.87. The smallest absolute Gasteiger partial charge is 0.258 e. The Morgan fingerprint density at radius 3 is 2.53 bits per heavy atom. The molecule has 15 heavy (non-hydrogen) atoms. The third-order valence-electron chi connectivity index (χ3n) is 1.97. The molecule has 0 atom stereocenters. The number of allylic oxidation sites excluding steroid dienone is 1. The van der Waals surface area contributed by atoms with Gasteiger partial charge in [0, 0.05) is 17.7 Å². The highest BCUT2D eigenvalue weighted by molar-refractivity contribution is 5.58. The van der Waals surface area contributed by atoms with Gasteiger partial charge >= 0.3 is 0 Å². The summed E-state index contributed by atoms with van der Waals surface area (Å²) in [7, 11) is 0. The summed E-state index contributed by atoms with van der Waals surface area (Å²) in [6.07, 6.45) is 2.39. The van der Waals surface area contributed by atoms with Crippen LogP contribution in [-0.4, -0.2) is 4.92 Å². The van der Waals surface area contributed by atoms with E-state index in [1.807, 2.05) is 6.92 Å². The van der Waals surface area contributed by atoms with E-state index in [9.17, 15) is 10.1 Å². The predicted molar refractivity (Wildman–Crippen MR) is 57.0 cm³/mol. The van der Waals surface area contributed by atoms with Gasteiger partial charge in [-0.2, -0.15) is 5.26 Å². The number of nitriles is 1. The maximum Gasteiger partial charge on any atom is 0.269 e. The lowest BCUT2D eigenvalue weighted by atomic mass is 10.1. The molecule has 0 unspecified atom stereocenters. The van der Waals surface area contributed by atoms with Crippen LogP contribution >= 0.6 is 0 Å². The lowest BCUT2D eigenvalue weighted by Gasteiger charge is -1.95. The van der Waals surface area contributed by atoms with Gasteiger partial charge in [-0.05, 0) is 30.2 Å². The third kappa shape index (κ3) is 2.92. The molecule has 1 aromatic rings. The summed E-state index contributed by atoms with van der Waals surface area (Å²) >= 11 is 0. The van der Waals surface area contributed by atoms with Crippen molar-refractivity contribution in [3.05, 3.63) is 45.5 Å². The average Bonchev–Trinajstić information content (AvgIpc) is 2.26. The topological polar surface area (TPSA) is 66.9 Å². The van der Waals surface area contributed by atoms with Crippen LogP contribution in [0.15, 0.2) is 29.8 Å². The Hall–Kier alpha value is -2.15. The molecular formula is C11H10N2O2. The van der Waals surface area contributed by atoms with E-state index in [-0.39, 0.29) is 5.69 Å². The van der Waals surface area contributed by atoms with Crippen LogP contribution in [0.25, 0.3) is 6.08 Å². The van der Waals surface area contributed by atoms with E-state index < -0.39 is 4.92 Å². The van der Waals surface area contributed by atoms with E-state index in [0.717, 1.165) is 5.56 Å². The quantitative estimate of drug-likeness (QED) is 0.430. The highest BCUT2D eigenvalue weighted by Crippen LogP contribution is 2.14. The summed E-state index contributed by atoms with van der Waals surface area (Å²) in [6.45, 7) is 1.89. The zero-order valence-corrected chi connectivity index (χ0v) is 8.30. The minimum Gasteiger partial charge on any atom is -0.258 e. The Morgan fingerprint density at radius 2 is 2.13 bits per heavy atom. The normalized spacial score (nSPS) is 10.8. The fourth-order valence-corrected chi connectivity index (χ4v) is 1.11. The van der Waals surface area contributed by atoms with Crippen molar-refractivity contribution >= 4 is 11.8 Å². The zero-order chi connectivity index (χ0) is 11.3. The van der Waals surface area contributed by atoms with Gasteiger partial charge in [0.1, 0.15) is 0 Å². The number of nitrogens with zero attached hydrogens (tertiary/aromatic N) is 2. The van der Waals surface area contributed by atoms with Crippen molar-refractivity contribution < 1.29 is 4.92 Å². The number of hydrogen-bond acceptors (Lipinski definition) is 3. The van der Waals surface area contributed by atoms with Crippen molar-refractivity contribution in [3.63, 3.8) is 0 Å². The van der Waals surface area contributed by atoms with Crippen molar-refractivity contribution in [1.82, 2.24) is 0 Å². The van der Waals surface area contributed by atoms with Gasteiger partial charge in [0.2, 0.25) is 0 Å². The summed E-state index contributed by atoms with van der Waals surface area (Å²) in [6, 6.07) is 8.18. The second-order valence-electron chi connectivity index (χ2n) is 2.98. The third-order valence-corrected chi connectivity index (χ3v) is 1.97. The summed E-state index contributed by atoms with van der Waals surface area (Å²) in [5.74, 6) is 0. The molecular weight excluding hydrogens is 192 g/mol. The molecule has 1 rings (SSSR count). The summed E-state index contributed by atoms with van der Waals surface area (Å²) in [4.78, 5) is 9.94. The minimum absolute atomic E-state index is 0.0576. The van der Waals surface area contributed by atoms with Crippen LogP contribution in [0, 0.1) is 21.4 Å². The molecule has 0 spiro atoms. The zero-order valence-electron chi connectivity index (χ0n) is 8.30. The Bertz CT molecular complexity index is 427. The number of rotatable bonds is 3.